The molecule has 0 radical (unpaired) electrons. The van der Waals surface area contributed by atoms with Gasteiger partial charge in [0.15, 0.2) is 0 Å². The van der Waals surface area contributed by atoms with Crippen LogP contribution in [-0.4, -0.2) is 90.9 Å². The highest BCUT2D eigenvalue weighted by atomic mass is 16.5. The number of urea groups is 1. The Labute approximate surface area is 291 Å². The van der Waals surface area contributed by atoms with Crippen molar-refractivity contribution in [3.63, 3.8) is 0 Å². The molecule has 1 heterocycles. The molecule has 1 aliphatic heterocycles. The maximum absolute atomic E-state index is 14.5. The second-order valence-corrected chi connectivity index (χ2v) is 15.5. The summed E-state index contributed by atoms with van der Waals surface area (Å²) in [5.41, 5.74) is -0.647. The lowest BCUT2D eigenvalue weighted by atomic mass is 9.83. The second-order valence-electron chi connectivity index (χ2n) is 15.5. The third-order valence-corrected chi connectivity index (χ3v) is 10.6. The molecule has 6 amide bonds. The van der Waals surface area contributed by atoms with E-state index in [4.69, 9.17) is 4.74 Å². The second kappa shape index (κ2) is 17.3. The SMILES string of the molecule is C=CCNC(=O)C(=O)C(CCCC)NC(=O)[C@@H]1[C@@H]2[C@H](CN1C(=O)[C@@H](NC(=O)NC(COC(=O)NCC)C(C)(C)C)C1CCCCC1)C2(C)C. The Morgan fingerprint density at radius 3 is 2.24 bits per heavy atom. The maximum atomic E-state index is 14.5. The summed E-state index contributed by atoms with van der Waals surface area (Å²) in [5.74, 6) is -2.45. The monoisotopic (exact) mass is 688 g/mol. The molecule has 0 aromatic rings. The van der Waals surface area contributed by atoms with Gasteiger partial charge in [-0.15, -0.1) is 6.58 Å². The van der Waals surface area contributed by atoms with E-state index < -0.39 is 59.3 Å². The van der Waals surface area contributed by atoms with E-state index in [1.165, 1.54) is 6.08 Å². The van der Waals surface area contributed by atoms with Crippen molar-refractivity contribution in [1.29, 1.82) is 0 Å². The summed E-state index contributed by atoms with van der Waals surface area (Å²) in [5, 5.41) is 13.8. The van der Waals surface area contributed by atoms with E-state index in [1.807, 2.05) is 27.7 Å². The van der Waals surface area contributed by atoms with Crippen molar-refractivity contribution in [1.82, 2.24) is 31.5 Å². The van der Waals surface area contributed by atoms with Crippen LogP contribution in [0.25, 0.3) is 0 Å². The van der Waals surface area contributed by atoms with Crippen LogP contribution < -0.4 is 26.6 Å². The number of piperidine rings is 1. The van der Waals surface area contributed by atoms with Gasteiger partial charge in [0.05, 0.1) is 12.1 Å². The van der Waals surface area contributed by atoms with E-state index in [2.05, 4.69) is 47.0 Å². The minimum Gasteiger partial charge on any atom is -0.447 e. The number of ether oxygens (including phenoxy) is 1. The van der Waals surface area contributed by atoms with Crippen LogP contribution in [0.3, 0.4) is 0 Å². The first-order chi connectivity index (χ1) is 23.1. The molecular formula is C36H60N6O7. The number of nitrogens with zero attached hydrogens (tertiary/aromatic N) is 1. The Balaban J connectivity index is 1.84. The Morgan fingerprint density at radius 1 is 0.980 bits per heavy atom. The number of carbonyl (C=O) groups excluding carboxylic acids is 6. The van der Waals surface area contributed by atoms with E-state index in [0.717, 1.165) is 38.5 Å². The topological polar surface area (TPSA) is 175 Å². The van der Waals surface area contributed by atoms with Crippen LogP contribution in [0.2, 0.25) is 0 Å². The summed E-state index contributed by atoms with van der Waals surface area (Å²) in [6.07, 6.45) is 7.02. The van der Waals surface area contributed by atoms with Crippen molar-refractivity contribution in [3.05, 3.63) is 12.7 Å². The summed E-state index contributed by atoms with van der Waals surface area (Å²) in [7, 11) is 0. The number of fused-ring (bicyclic) bond motifs is 1. The van der Waals surface area contributed by atoms with E-state index in [0.29, 0.717) is 25.9 Å². The summed E-state index contributed by atoms with van der Waals surface area (Å²) in [4.78, 5) is 81.5. The average Bonchev–Trinajstić information content (AvgIpc) is 3.36. The smallest absolute Gasteiger partial charge is 0.407 e. The molecule has 2 aliphatic carbocycles. The van der Waals surface area contributed by atoms with Crippen LogP contribution in [0.5, 0.6) is 0 Å². The van der Waals surface area contributed by atoms with Gasteiger partial charge in [0.25, 0.3) is 5.91 Å². The highest BCUT2D eigenvalue weighted by Gasteiger charge is 2.69. The normalized spacial score (nSPS) is 23.2. The largest absolute Gasteiger partial charge is 0.447 e. The zero-order valence-corrected chi connectivity index (χ0v) is 30.6. The minimum atomic E-state index is -1.02. The van der Waals surface area contributed by atoms with Crippen LogP contribution in [-0.2, 0) is 23.9 Å². The lowest BCUT2D eigenvalue weighted by molar-refractivity contribution is -0.144. The molecule has 49 heavy (non-hydrogen) atoms. The summed E-state index contributed by atoms with van der Waals surface area (Å²) >= 11 is 0. The van der Waals surface area contributed by atoms with Crippen molar-refractivity contribution in [2.45, 2.75) is 124 Å². The number of ketones is 1. The molecule has 2 saturated carbocycles. The third-order valence-electron chi connectivity index (χ3n) is 10.6. The molecule has 13 heteroatoms. The van der Waals surface area contributed by atoms with Gasteiger partial charge < -0.3 is 36.2 Å². The molecule has 0 aromatic carbocycles. The number of carbonyl (C=O) groups is 6. The fourth-order valence-corrected chi connectivity index (χ4v) is 7.39. The fraction of sp³-hybridized carbons (Fsp3) is 0.778. The molecule has 3 aliphatic rings. The number of alkyl carbamates (subject to hydrolysis) is 1. The molecule has 13 nitrogen and oxygen atoms in total. The van der Waals surface area contributed by atoms with Crippen LogP contribution >= 0.6 is 0 Å². The van der Waals surface area contributed by atoms with E-state index >= 15 is 0 Å². The van der Waals surface area contributed by atoms with Gasteiger partial charge in [-0.1, -0.05) is 79.7 Å². The van der Waals surface area contributed by atoms with Crippen molar-refractivity contribution in [3.8, 4) is 0 Å². The molecule has 276 valence electrons. The van der Waals surface area contributed by atoms with Crippen molar-refractivity contribution < 1.29 is 33.5 Å². The van der Waals surface area contributed by atoms with Gasteiger partial charge in [0.2, 0.25) is 17.6 Å². The van der Waals surface area contributed by atoms with Crippen LogP contribution in [0.4, 0.5) is 9.59 Å². The van der Waals surface area contributed by atoms with Gasteiger partial charge in [0, 0.05) is 19.6 Å². The Morgan fingerprint density at radius 2 is 1.65 bits per heavy atom. The maximum Gasteiger partial charge on any atom is 0.407 e. The molecule has 0 spiro atoms. The lowest BCUT2D eigenvalue weighted by Crippen LogP contribution is -2.61. The van der Waals surface area contributed by atoms with Gasteiger partial charge in [-0.25, -0.2) is 9.59 Å². The summed E-state index contributed by atoms with van der Waals surface area (Å²) in [6.45, 7) is 18.1. The van der Waals surface area contributed by atoms with Gasteiger partial charge in [-0.3, -0.25) is 19.2 Å². The predicted molar refractivity (Wildman–Crippen MR) is 186 cm³/mol. The third kappa shape index (κ3) is 10.2. The summed E-state index contributed by atoms with van der Waals surface area (Å²) < 4.78 is 5.34. The van der Waals surface area contributed by atoms with Gasteiger partial charge in [-0.05, 0) is 54.8 Å². The van der Waals surface area contributed by atoms with E-state index in [1.54, 1.807) is 11.8 Å². The lowest BCUT2D eigenvalue weighted by Gasteiger charge is -2.38. The molecule has 6 atom stereocenters. The number of likely N-dealkylation sites (tertiary alicyclic amines) is 1. The number of Topliss-reactive ketones (excluding diaryl/α,β-unsaturated/α-hetero) is 1. The average molecular weight is 689 g/mol. The first-order valence-electron chi connectivity index (χ1n) is 18.1. The predicted octanol–water partition coefficient (Wildman–Crippen LogP) is 3.42. The molecule has 1 saturated heterocycles. The molecular weight excluding hydrogens is 628 g/mol. The number of hydrogen-bond donors (Lipinski definition) is 5. The van der Waals surface area contributed by atoms with Gasteiger partial charge >= 0.3 is 12.1 Å². The number of amides is 6. The fourth-order valence-electron chi connectivity index (χ4n) is 7.39. The van der Waals surface area contributed by atoms with Gasteiger partial charge in [0.1, 0.15) is 18.7 Å². The molecule has 0 aromatic heterocycles. The van der Waals surface area contributed by atoms with Crippen molar-refractivity contribution in [2.75, 3.05) is 26.2 Å². The van der Waals surface area contributed by atoms with Gasteiger partial charge in [-0.2, -0.15) is 0 Å². The summed E-state index contributed by atoms with van der Waals surface area (Å²) in [6, 6.07) is -3.83. The Hall–Kier alpha value is -3.64. The van der Waals surface area contributed by atoms with Crippen molar-refractivity contribution in [2.24, 2.45) is 28.6 Å². The molecule has 3 fully saturated rings. The first kappa shape index (κ1) is 39.8. The molecule has 5 N–H and O–H groups in total. The Bertz CT molecular complexity index is 1220. The van der Waals surface area contributed by atoms with Crippen LogP contribution in [0.1, 0.15) is 99.8 Å². The zero-order chi connectivity index (χ0) is 36.5. The highest BCUT2D eigenvalue weighted by molar-refractivity contribution is 6.38. The van der Waals surface area contributed by atoms with Crippen LogP contribution in [0, 0.1) is 28.6 Å². The first-order valence-corrected chi connectivity index (χ1v) is 18.1. The molecule has 2 unspecified atom stereocenters. The van der Waals surface area contributed by atoms with Crippen LogP contribution in [0.15, 0.2) is 12.7 Å². The zero-order valence-electron chi connectivity index (χ0n) is 30.6. The van der Waals surface area contributed by atoms with Crippen molar-refractivity contribution >= 4 is 35.6 Å². The Kier molecular flexibility index (Phi) is 14.1. The van der Waals surface area contributed by atoms with E-state index in [9.17, 15) is 28.8 Å². The molecule has 3 rings (SSSR count). The molecule has 0 bridgehead atoms. The highest BCUT2D eigenvalue weighted by Crippen LogP contribution is 2.65. The van der Waals surface area contributed by atoms with E-state index in [-0.39, 0.29) is 42.2 Å². The number of hydrogen-bond acceptors (Lipinski definition) is 7. The standard InChI is InChI=1S/C36H60N6O7/c1-9-12-18-24(29(43)31(45)38-19-10-2)39-30(44)28-26-23(36(26,7)8)20-42(28)32(46)27(22-16-14-13-15-17-22)41-33(47)40-25(35(4,5)6)21-49-34(48)37-11-3/h10,22-28H,2,9,11-21H2,1,3-8H3,(H,37,48)(H,38,45)(H,39,44)(H2,40,41,47)/t23-,24?,25?,26-,27-,28-/m0/s1. The number of nitrogens with one attached hydrogen (secondary N) is 5. The minimum absolute atomic E-state index is 0.0544. The number of rotatable bonds is 16. The quantitative estimate of drug-likeness (QED) is 0.122. The number of unbranched alkanes of at least 4 members (excludes halogenated alkanes) is 1.